The summed E-state index contributed by atoms with van der Waals surface area (Å²) in [5.41, 5.74) is 2.09. The van der Waals surface area contributed by atoms with Crippen LogP contribution in [0.5, 0.6) is 0 Å². The van der Waals surface area contributed by atoms with Gasteiger partial charge in [-0.15, -0.1) is 0 Å². The van der Waals surface area contributed by atoms with Gasteiger partial charge in [-0.2, -0.15) is 13.2 Å². The Balaban J connectivity index is 2.20. The van der Waals surface area contributed by atoms with Crippen LogP contribution in [0.1, 0.15) is 38.7 Å². The number of halogens is 3. The number of rotatable bonds is 5. The summed E-state index contributed by atoms with van der Waals surface area (Å²) in [5, 5.41) is 0. The largest absolute Gasteiger partial charge is 0.450 e. The molecule has 0 amide bonds. The van der Waals surface area contributed by atoms with E-state index in [0.29, 0.717) is 18.4 Å². The standard InChI is InChI=1S/C19H22F3NO2/c1-3-23(4-2)15-10-8-13(9-11-15)12-14-6-5-7-16(17(14)24)18(25)19(20,21)22/h8-12,16H,3-7H2,1-2H3/b14-12+. The van der Waals surface area contributed by atoms with Gasteiger partial charge in [-0.05, 0) is 62.5 Å². The van der Waals surface area contributed by atoms with Crippen molar-refractivity contribution in [3.05, 3.63) is 35.4 Å². The number of hydrogen-bond acceptors (Lipinski definition) is 3. The Morgan fingerprint density at radius 1 is 1.20 bits per heavy atom. The quantitative estimate of drug-likeness (QED) is 0.581. The van der Waals surface area contributed by atoms with Crippen molar-refractivity contribution >= 4 is 23.3 Å². The van der Waals surface area contributed by atoms with Gasteiger partial charge in [0.05, 0.1) is 5.92 Å². The van der Waals surface area contributed by atoms with Crippen molar-refractivity contribution in [3.63, 3.8) is 0 Å². The summed E-state index contributed by atoms with van der Waals surface area (Å²) in [5.74, 6) is -4.21. The molecule has 1 saturated carbocycles. The van der Waals surface area contributed by atoms with Crippen molar-refractivity contribution in [1.82, 2.24) is 0 Å². The summed E-state index contributed by atoms with van der Waals surface area (Å²) in [4.78, 5) is 25.9. The highest BCUT2D eigenvalue weighted by molar-refractivity contribution is 6.14. The van der Waals surface area contributed by atoms with Crippen LogP contribution in [-0.2, 0) is 9.59 Å². The van der Waals surface area contributed by atoms with Crippen molar-refractivity contribution in [2.45, 2.75) is 39.3 Å². The number of alkyl halides is 3. The number of Topliss-reactive ketones (excluding diaryl/α,β-unsaturated/α-hetero) is 2. The number of benzene rings is 1. The van der Waals surface area contributed by atoms with Crippen LogP contribution in [0.3, 0.4) is 0 Å². The van der Waals surface area contributed by atoms with E-state index in [9.17, 15) is 22.8 Å². The molecule has 1 aromatic rings. The molecule has 1 aliphatic rings. The van der Waals surface area contributed by atoms with E-state index >= 15 is 0 Å². The molecule has 3 nitrogen and oxygen atoms in total. The normalized spacial score (nSPS) is 20.0. The first-order chi connectivity index (χ1) is 11.8. The lowest BCUT2D eigenvalue weighted by molar-refractivity contribution is -0.176. The first-order valence-corrected chi connectivity index (χ1v) is 8.48. The van der Waals surface area contributed by atoms with Crippen LogP contribution in [0.4, 0.5) is 18.9 Å². The zero-order valence-corrected chi connectivity index (χ0v) is 14.4. The fourth-order valence-corrected chi connectivity index (χ4v) is 3.14. The Bertz CT molecular complexity index is 658. The summed E-state index contributed by atoms with van der Waals surface area (Å²) < 4.78 is 37.9. The van der Waals surface area contributed by atoms with Gasteiger partial charge in [0.2, 0.25) is 5.78 Å². The van der Waals surface area contributed by atoms with E-state index in [0.717, 1.165) is 24.3 Å². The highest BCUT2D eigenvalue weighted by atomic mass is 19.4. The van der Waals surface area contributed by atoms with Crippen LogP contribution in [-0.4, -0.2) is 30.8 Å². The van der Waals surface area contributed by atoms with Gasteiger partial charge in [0.15, 0.2) is 5.78 Å². The van der Waals surface area contributed by atoms with Gasteiger partial charge in [0, 0.05) is 18.8 Å². The second-order valence-corrected chi connectivity index (χ2v) is 6.10. The fraction of sp³-hybridized carbons (Fsp3) is 0.474. The van der Waals surface area contributed by atoms with E-state index in [1.807, 2.05) is 24.3 Å². The Morgan fingerprint density at radius 2 is 1.80 bits per heavy atom. The molecule has 1 fully saturated rings. The molecular weight excluding hydrogens is 331 g/mol. The molecule has 0 N–H and O–H groups in total. The number of hydrogen-bond donors (Lipinski definition) is 0. The molecule has 1 atom stereocenters. The molecule has 2 rings (SSSR count). The Hall–Kier alpha value is -2.11. The second-order valence-electron chi connectivity index (χ2n) is 6.10. The zero-order chi connectivity index (χ0) is 18.6. The Morgan fingerprint density at radius 3 is 2.32 bits per heavy atom. The average molecular weight is 353 g/mol. The molecular formula is C19H22F3NO2. The molecule has 0 heterocycles. The first-order valence-electron chi connectivity index (χ1n) is 8.48. The van der Waals surface area contributed by atoms with Gasteiger partial charge < -0.3 is 4.90 Å². The highest BCUT2D eigenvalue weighted by Crippen LogP contribution is 2.32. The number of allylic oxidation sites excluding steroid dienone is 1. The number of ketones is 2. The van der Waals surface area contributed by atoms with E-state index in [1.165, 1.54) is 0 Å². The van der Waals surface area contributed by atoms with E-state index in [-0.39, 0.29) is 6.42 Å². The molecule has 0 aliphatic heterocycles. The molecule has 0 bridgehead atoms. The van der Waals surface area contributed by atoms with Crippen molar-refractivity contribution in [1.29, 1.82) is 0 Å². The maximum atomic E-state index is 12.6. The summed E-state index contributed by atoms with van der Waals surface area (Å²) >= 11 is 0. The molecule has 1 aromatic carbocycles. The van der Waals surface area contributed by atoms with Crippen molar-refractivity contribution in [2.24, 2.45) is 5.92 Å². The lowest BCUT2D eigenvalue weighted by Gasteiger charge is -2.23. The number of nitrogens with zero attached hydrogens (tertiary/aromatic N) is 1. The van der Waals surface area contributed by atoms with Gasteiger partial charge >= 0.3 is 6.18 Å². The number of carbonyl (C=O) groups is 2. The van der Waals surface area contributed by atoms with Crippen LogP contribution in [0, 0.1) is 5.92 Å². The highest BCUT2D eigenvalue weighted by Gasteiger charge is 2.47. The molecule has 0 radical (unpaired) electrons. The molecule has 0 saturated heterocycles. The molecule has 1 aliphatic carbocycles. The minimum atomic E-state index is -4.96. The zero-order valence-electron chi connectivity index (χ0n) is 14.4. The summed E-state index contributed by atoms with van der Waals surface area (Å²) in [6.07, 6.45) is -2.59. The third kappa shape index (κ3) is 4.50. The molecule has 1 unspecified atom stereocenters. The number of anilines is 1. The van der Waals surface area contributed by atoms with Gasteiger partial charge in [-0.25, -0.2) is 0 Å². The van der Waals surface area contributed by atoms with E-state index < -0.39 is 23.7 Å². The van der Waals surface area contributed by atoms with Crippen LogP contribution >= 0.6 is 0 Å². The van der Waals surface area contributed by atoms with Crippen LogP contribution < -0.4 is 4.90 Å². The summed E-state index contributed by atoms with van der Waals surface area (Å²) in [6, 6.07) is 7.52. The fourth-order valence-electron chi connectivity index (χ4n) is 3.14. The van der Waals surface area contributed by atoms with Crippen molar-refractivity contribution < 1.29 is 22.8 Å². The lowest BCUT2D eigenvalue weighted by Crippen LogP contribution is -2.37. The third-order valence-electron chi connectivity index (χ3n) is 4.53. The predicted octanol–water partition coefficient (Wildman–Crippen LogP) is 4.42. The number of carbonyl (C=O) groups excluding carboxylic acids is 2. The lowest BCUT2D eigenvalue weighted by atomic mass is 9.81. The SMILES string of the molecule is CCN(CC)c1ccc(/C=C2\CCCC(C(=O)C(F)(F)F)C2=O)cc1. The van der Waals surface area contributed by atoms with E-state index in [1.54, 1.807) is 6.08 Å². The maximum Gasteiger partial charge on any atom is 0.450 e. The molecule has 136 valence electrons. The van der Waals surface area contributed by atoms with Gasteiger partial charge in [0.25, 0.3) is 0 Å². The van der Waals surface area contributed by atoms with Crippen molar-refractivity contribution in [2.75, 3.05) is 18.0 Å². The minimum Gasteiger partial charge on any atom is -0.372 e. The van der Waals surface area contributed by atoms with Gasteiger partial charge in [-0.1, -0.05) is 12.1 Å². The molecule has 0 spiro atoms. The monoisotopic (exact) mass is 353 g/mol. The molecule has 6 heteroatoms. The Kier molecular flexibility index (Phi) is 6.03. The predicted molar refractivity (Wildman–Crippen MR) is 91.4 cm³/mol. The van der Waals surface area contributed by atoms with Gasteiger partial charge in [-0.3, -0.25) is 9.59 Å². The minimum absolute atomic E-state index is 0.0323. The molecule has 0 aromatic heterocycles. The smallest absolute Gasteiger partial charge is 0.372 e. The van der Waals surface area contributed by atoms with Crippen LogP contribution in [0.15, 0.2) is 29.8 Å². The third-order valence-corrected chi connectivity index (χ3v) is 4.53. The van der Waals surface area contributed by atoms with Gasteiger partial charge in [0.1, 0.15) is 0 Å². The summed E-state index contributed by atoms with van der Waals surface area (Å²) in [6.45, 7) is 5.85. The first kappa shape index (κ1) is 19.2. The van der Waals surface area contributed by atoms with E-state index in [2.05, 4.69) is 18.7 Å². The van der Waals surface area contributed by atoms with Crippen molar-refractivity contribution in [3.8, 4) is 0 Å². The summed E-state index contributed by atoms with van der Waals surface area (Å²) in [7, 11) is 0. The van der Waals surface area contributed by atoms with Crippen LogP contribution in [0.2, 0.25) is 0 Å². The topological polar surface area (TPSA) is 37.4 Å². The molecule has 25 heavy (non-hydrogen) atoms. The maximum absolute atomic E-state index is 12.6. The Labute approximate surface area is 145 Å². The van der Waals surface area contributed by atoms with E-state index in [4.69, 9.17) is 0 Å². The average Bonchev–Trinajstić information content (AvgIpc) is 2.58. The van der Waals surface area contributed by atoms with Crippen LogP contribution in [0.25, 0.3) is 6.08 Å². The second kappa shape index (κ2) is 7.85.